The maximum Gasteiger partial charge on any atom is 0.194 e. The number of aromatic nitrogens is 2. The first kappa shape index (κ1) is 12.4. The van der Waals surface area contributed by atoms with E-state index in [2.05, 4.69) is 58.4 Å². The molecule has 0 unspecified atom stereocenters. The van der Waals surface area contributed by atoms with Crippen LogP contribution in [0.15, 0.2) is 72.2 Å². The molecule has 0 saturated carbocycles. The molecule has 0 aliphatic heterocycles. The Bertz CT molecular complexity index is 860. The second-order valence-electron chi connectivity index (χ2n) is 5.03. The minimum Gasteiger partial charge on any atom is -0.294 e. The fourth-order valence-corrected chi connectivity index (χ4v) is 3.38. The van der Waals surface area contributed by atoms with E-state index in [-0.39, 0.29) is 0 Å². The summed E-state index contributed by atoms with van der Waals surface area (Å²) in [5.74, 6) is 0. The van der Waals surface area contributed by atoms with Gasteiger partial charge < -0.3 is 0 Å². The molecule has 2 aromatic heterocycles. The fourth-order valence-electron chi connectivity index (χ4n) is 2.51. The van der Waals surface area contributed by atoms with E-state index in [1.165, 1.54) is 16.8 Å². The molecule has 0 N–H and O–H groups in total. The lowest BCUT2D eigenvalue weighted by atomic mass is 10.1. The summed E-state index contributed by atoms with van der Waals surface area (Å²) in [7, 11) is 0. The molecule has 2 aromatic carbocycles. The van der Waals surface area contributed by atoms with Crippen molar-refractivity contribution in [3.05, 3.63) is 83.5 Å². The molecule has 0 radical (unpaired) electrons. The Morgan fingerprint density at radius 2 is 1.62 bits per heavy atom. The number of thiazole rings is 1. The van der Waals surface area contributed by atoms with Crippen molar-refractivity contribution in [2.24, 2.45) is 0 Å². The first-order chi connectivity index (χ1) is 10.4. The van der Waals surface area contributed by atoms with Crippen molar-refractivity contribution in [1.29, 1.82) is 0 Å². The minimum absolute atomic E-state index is 0.936. The Balaban J connectivity index is 1.73. The zero-order valence-electron chi connectivity index (χ0n) is 11.4. The summed E-state index contributed by atoms with van der Waals surface area (Å²) in [5.41, 5.74) is 4.82. The molecule has 4 aromatic rings. The molecule has 0 aliphatic carbocycles. The molecular formula is C18H14N2S. The number of imidazole rings is 1. The van der Waals surface area contributed by atoms with Gasteiger partial charge in [-0.15, -0.1) is 11.3 Å². The maximum absolute atomic E-state index is 4.73. The largest absolute Gasteiger partial charge is 0.294 e. The van der Waals surface area contributed by atoms with Gasteiger partial charge in [0.15, 0.2) is 4.96 Å². The summed E-state index contributed by atoms with van der Waals surface area (Å²) < 4.78 is 2.21. The highest BCUT2D eigenvalue weighted by molar-refractivity contribution is 7.15. The van der Waals surface area contributed by atoms with E-state index >= 15 is 0 Å². The van der Waals surface area contributed by atoms with Crippen LogP contribution in [0.3, 0.4) is 0 Å². The molecule has 0 bridgehead atoms. The van der Waals surface area contributed by atoms with Crippen LogP contribution >= 0.6 is 11.3 Å². The van der Waals surface area contributed by atoms with Crippen LogP contribution < -0.4 is 0 Å². The summed E-state index contributed by atoms with van der Waals surface area (Å²) in [6.07, 6.45) is 3.07. The van der Waals surface area contributed by atoms with Gasteiger partial charge >= 0.3 is 0 Å². The SMILES string of the molecule is c1ccc(Cc2csc3nc(-c4ccccc4)cn23)cc1. The first-order valence-corrected chi connectivity index (χ1v) is 7.83. The molecule has 0 spiro atoms. The summed E-state index contributed by atoms with van der Waals surface area (Å²) in [4.78, 5) is 5.78. The van der Waals surface area contributed by atoms with E-state index in [0.717, 1.165) is 17.1 Å². The highest BCUT2D eigenvalue weighted by Crippen LogP contribution is 2.24. The number of hydrogen-bond donors (Lipinski definition) is 0. The van der Waals surface area contributed by atoms with E-state index in [1.54, 1.807) is 11.3 Å². The molecule has 0 fully saturated rings. The van der Waals surface area contributed by atoms with E-state index in [4.69, 9.17) is 4.98 Å². The van der Waals surface area contributed by atoms with E-state index in [9.17, 15) is 0 Å². The highest BCUT2D eigenvalue weighted by Gasteiger charge is 2.09. The molecule has 21 heavy (non-hydrogen) atoms. The van der Waals surface area contributed by atoms with E-state index < -0.39 is 0 Å². The molecule has 0 amide bonds. The van der Waals surface area contributed by atoms with Gasteiger partial charge in [-0.05, 0) is 5.56 Å². The van der Waals surface area contributed by atoms with Crippen LogP contribution in [0, 0.1) is 0 Å². The van der Waals surface area contributed by atoms with Gasteiger partial charge in [0.2, 0.25) is 0 Å². The predicted octanol–water partition coefficient (Wildman–Crippen LogP) is 4.65. The van der Waals surface area contributed by atoms with Crippen LogP contribution in [0.1, 0.15) is 11.3 Å². The third kappa shape index (κ3) is 2.36. The van der Waals surface area contributed by atoms with Gasteiger partial charge in [-0.3, -0.25) is 4.40 Å². The third-order valence-corrected chi connectivity index (χ3v) is 4.47. The Kier molecular flexibility index (Phi) is 3.05. The molecule has 102 valence electrons. The number of rotatable bonds is 3. The van der Waals surface area contributed by atoms with Crippen LogP contribution in [-0.4, -0.2) is 9.38 Å². The van der Waals surface area contributed by atoms with Crippen molar-refractivity contribution in [1.82, 2.24) is 9.38 Å². The Hall–Kier alpha value is -2.39. The summed E-state index contributed by atoms with van der Waals surface area (Å²) in [6.45, 7) is 0. The average Bonchev–Trinajstić information content (AvgIpc) is 3.11. The van der Waals surface area contributed by atoms with Crippen LogP contribution in [0.4, 0.5) is 0 Å². The Morgan fingerprint density at radius 3 is 2.38 bits per heavy atom. The molecule has 3 heteroatoms. The number of nitrogens with zero attached hydrogens (tertiary/aromatic N) is 2. The standard InChI is InChI=1S/C18H14N2S/c1-3-7-14(8-4-1)11-16-13-21-18-19-17(12-20(16)18)15-9-5-2-6-10-15/h1-10,12-13H,11H2. The zero-order chi connectivity index (χ0) is 14.1. The van der Waals surface area contributed by atoms with Crippen LogP contribution in [0.5, 0.6) is 0 Å². The van der Waals surface area contributed by atoms with E-state index in [1.807, 2.05) is 18.2 Å². The second-order valence-corrected chi connectivity index (χ2v) is 5.87. The number of hydrogen-bond acceptors (Lipinski definition) is 2. The van der Waals surface area contributed by atoms with Crippen molar-refractivity contribution >= 4 is 16.3 Å². The van der Waals surface area contributed by atoms with Gasteiger partial charge in [-0.2, -0.15) is 0 Å². The maximum atomic E-state index is 4.73. The lowest BCUT2D eigenvalue weighted by molar-refractivity contribution is 1.04. The van der Waals surface area contributed by atoms with Crippen molar-refractivity contribution in [2.75, 3.05) is 0 Å². The predicted molar refractivity (Wildman–Crippen MR) is 87.8 cm³/mol. The van der Waals surface area contributed by atoms with Gasteiger partial charge in [-0.25, -0.2) is 4.98 Å². The molecule has 2 nitrogen and oxygen atoms in total. The molecule has 4 rings (SSSR count). The second kappa shape index (κ2) is 5.19. The minimum atomic E-state index is 0.936. The van der Waals surface area contributed by atoms with Crippen LogP contribution in [-0.2, 0) is 6.42 Å². The number of fused-ring (bicyclic) bond motifs is 1. The molecular weight excluding hydrogens is 276 g/mol. The molecule has 0 atom stereocenters. The van der Waals surface area contributed by atoms with Gasteiger partial charge in [-0.1, -0.05) is 60.7 Å². The van der Waals surface area contributed by atoms with Crippen molar-refractivity contribution in [2.45, 2.75) is 6.42 Å². The first-order valence-electron chi connectivity index (χ1n) is 6.95. The molecule has 0 saturated heterocycles. The van der Waals surface area contributed by atoms with Gasteiger partial charge in [0.1, 0.15) is 0 Å². The van der Waals surface area contributed by atoms with Crippen molar-refractivity contribution in [3.63, 3.8) is 0 Å². The Labute approximate surface area is 127 Å². The van der Waals surface area contributed by atoms with Crippen LogP contribution in [0.25, 0.3) is 16.2 Å². The third-order valence-electron chi connectivity index (χ3n) is 3.58. The normalized spacial score (nSPS) is 11.0. The lowest BCUT2D eigenvalue weighted by Gasteiger charge is -2.00. The number of benzene rings is 2. The van der Waals surface area contributed by atoms with Crippen molar-refractivity contribution < 1.29 is 0 Å². The van der Waals surface area contributed by atoms with Gasteiger partial charge in [0, 0.05) is 29.3 Å². The smallest absolute Gasteiger partial charge is 0.194 e. The average molecular weight is 290 g/mol. The molecule has 0 aliphatic rings. The monoisotopic (exact) mass is 290 g/mol. The van der Waals surface area contributed by atoms with Gasteiger partial charge in [0.05, 0.1) is 5.69 Å². The van der Waals surface area contributed by atoms with E-state index in [0.29, 0.717) is 0 Å². The highest BCUT2D eigenvalue weighted by atomic mass is 32.1. The fraction of sp³-hybridized carbons (Fsp3) is 0.0556. The lowest BCUT2D eigenvalue weighted by Crippen LogP contribution is -1.91. The zero-order valence-corrected chi connectivity index (χ0v) is 12.3. The topological polar surface area (TPSA) is 17.3 Å². The van der Waals surface area contributed by atoms with Crippen LogP contribution in [0.2, 0.25) is 0 Å². The Morgan fingerprint density at radius 1 is 0.905 bits per heavy atom. The summed E-state index contributed by atoms with van der Waals surface area (Å²) in [6, 6.07) is 20.9. The summed E-state index contributed by atoms with van der Waals surface area (Å²) in [5, 5.41) is 2.20. The molecule has 2 heterocycles. The van der Waals surface area contributed by atoms with Gasteiger partial charge in [0.25, 0.3) is 0 Å². The summed E-state index contributed by atoms with van der Waals surface area (Å²) >= 11 is 1.70. The quantitative estimate of drug-likeness (QED) is 0.536. The van der Waals surface area contributed by atoms with Crippen molar-refractivity contribution in [3.8, 4) is 11.3 Å².